The van der Waals surface area contributed by atoms with Crippen molar-refractivity contribution in [1.29, 1.82) is 0 Å². The zero-order valence-corrected chi connectivity index (χ0v) is 17.0. The topological polar surface area (TPSA) is 50.4 Å². The maximum Gasteiger partial charge on any atom is 0.385 e. The third kappa shape index (κ3) is 3.75. The first-order valence-electron chi connectivity index (χ1n) is 9.46. The first-order valence-corrected chi connectivity index (χ1v) is 10.3. The maximum absolute atomic E-state index is 13.1. The van der Waals surface area contributed by atoms with Gasteiger partial charge in [0, 0.05) is 12.1 Å². The highest BCUT2D eigenvalue weighted by Crippen LogP contribution is 2.34. The van der Waals surface area contributed by atoms with Crippen molar-refractivity contribution in [2.45, 2.75) is 0 Å². The van der Waals surface area contributed by atoms with E-state index >= 15 is 0 Å². The number of hydrogen-bond acceptors (Lipinski definition) is 4. The van der Waals surface area contributed by atoms with Crippen LogP contribution in [-0.2, 0) is 0 Å². The Morgan fingerprint density at radius 2 is 1.57 bits per heavy atom. The minimum atomic E-state index is -0.223. The number of benzene rings is 3. The zero-order valence-electron chi connectivity index (χ0n) is 16.2. The van der Waals surface area contributed by atoms with Crippen LogP contribution in [0.25, 0.3) is 27.4 Å². The summed E-state index contributed by atoms with van der Waals surface area (Å²) in [6.45, 7) is 4.04. The van der Waals surface area contributed by atoms with E-state index in [0.29, 0.717) is 22.9 Å². The second kappa shape index (κ2) is 8.76. The van der Waals surface area contributed by atoms with Crippen LogP contribution in [0.5, 0.6) is 11.6 Å². The lowest BCUT2D eigenvalue weighted by Crippen LogP contribution is -2.35. The molecule has 1 heterocycles. The second-order valence-corrected chi connectivity index (χ2v) is 7.49. The van der Waals surface area contributed by atoms with Gasteiger partial charge in [-0.1, -0.05) is 73.3 Å². The molecule has 0 aliphatic rings. The van der Waals surface area contributed by atoms with Crippen LogP contribution in [0.2, 0.25) is 0 Å². The standard InChI is InChI=1S/C25H19NO3S/c1-2-17-29-21-16-10-9-15-20(21)24-26(19-13-7-4-8-14-19)23(27)22(25(28)30-24)18-11-5-3-6-12-18/h2-16H,1,17H2/p+1. The molecule has 0 radical (unpaired) electrons. The molecule has 0 saturated heterocycles. The molecule has 5 heteroatoms. The summed E-state index contributed by atoms with van der Waals surface area (Å²) >= 11 is 1.08. The molecule has 1 N–H and O–H groups in total. The Kier molecular flexibility index (Phi) is 5.72. The molecule has 0 spiro atoms. The Labute approximate surface area is 178 Å². The van der Waals surface area contributed by atoms with E-state index in [1.165, 1.54) is 0 Å². The monoisotopic (exact) mass is 414 g/mol. The van der Waals surface area contributed by atoms with E-state index in [1.807, 2.05) is 84.9 Å². The molecule has 4 nitrogen and oxygen atoms in total. The van der Waals surface area contributed by atoms with Gasteiger partial charge in [0.25, 0.3) is 9.75 Å². The molecular formula is C25H20NO3S+. The summed E-state index contributed by atoms with van der Waals surface area (Å²) in [6.07, 6.45) is 1.67. The van der Waals surface area contributed by atoms with Gasteiger partial charge >= 0.3 is 5.88 Å². The zero-order chi connectivity index (χ0) is 20.9. The molecule has 4 aromatic rings. The van der Waals surface area contributed by atoms with Gasteiger partial charge in [-0.15, -0.1) is 4.57 Å². The van der Waals surface area contributed by atoms with E-state index in [9.17, 15) is 9.90 Å². The molecule has 0 bridgehead atoms. The summed E-state index contributed by atoms with van der Waals surface area (Å²) in [7, 11) is 0. The van der Waals surface area contributed by atoms with Gasteiger partial charge in [-0.05, 0) is 29.0 Å². The van der Waals surface area contributed by atoms with Crippen LogP contribution in [0.4, 0.5) is 0 Å². The summed E-state index contributed by atoms with van der Waals surface area (Å²) in [5.74, 6) is 0.509. The lowest BCUT2D eigenvalue weighted by molar-refractivity contribution is -0.589. The van der Waals surface area contributed by atoms with Crippen molar-refractivity contribution in [3.8, 4) is 39.0 Å². The number of ether oxygens (including phenoxy) is 1. The summed E-state index contributed by atoms with van der Waals surface area (Å²) < 4.78 is 7.29. The van der Waals surface area contributed by atoms with Gasteiger partial charge in [0.05, 0.1) is 0 Å². The number of nitrogens with zero attached hydrogens (tertiary/aromatic N) is 1. The predicted molar refractivity (Wildman–Crippen MR) is 120 cm³/mol. The fourth-order valence-electron chi connectivity index (χ4n) is 3.25. The fraction of sp³-hybridized carbons (Fsp3) is 0.0400. The maximum atomic E-state index is 13.1. The normalized spacial score (nSPS) is 10.5. The summed E-state index contributed by atoms with van der Waals surface area (Å²) in [5, 5.41) is 11.9. The smallest absolute Gasteiger partial charge is 0.385 e. The minimum Gasteiger partial charge on any atom is -0.489 e. The van der Waals surface area contributed by atoms with E-state index < -0.39 is 0 Å². The van der Waals surface area contributed by atoms with Crippen molar-refractivity contribution in [2.24, 2.45) is 0 Å². The van der Waals surface area contributed by atoms with Gasteiger partial charge in [-0.25, -0.2) is 0 Å². The van der Waals surface area contributed by atoms with Crippen LogP contribution < -0.4 is 14.0 Å². The molecule has 0 fully saturated rings. The van der Waals surface area contributed by atoms with Crippen molar-refractivity contribution in [1.82, 2.24) is 0 Å². The lowest BCUT2D eigenvalue weighted by Gasteiger charge is -2.11. The number of hydrogen-bond donors (Lipinski definition) is 1. The van der Waals surface area contributed by atoms with E-state index in [4.69, 9.17) is 4.74 Å². The quantitative estimate of drug-likeness (QED) is 0.357. The molecule has 0 aliphatic carbocycles. The van der Waals surface area contributed by atoms with E-state index in [-0.39, 0.29) is 16.2 Å². The summed E-state index contributed by atoms with van der Waals surface area (Å²) in [6, 6.07) is 26.2. The summed E-state index contributed by atoms with van der Waals surface area (Å²) in [5.41, 5.74) is 2.42. The van der Waals surface area contributed by atoms with Crippen LogP contribution in [0.1, 0.15) is 0 Å². The van der Waals surface area contributed by atoms with Crippen LogP contribution in [0.15, 0.2) is 102 Å². The fourth-order valence-corrected chi connectivity index (χ4v) is 4.29. The second-order valence-electron chi connectivity index (χ2n) is 6.53. The van der Waals surface area contributed by atoms with Crippen molar-refractivity contribution in [3.05, 3.63) is 107 Å². The molecule has 148 valence electrons. The first-order chi connectivity index (χ1) is 14.7. The van der Waals surface area contributed by atoms with Crippen molar-refractivity contribution >= 4 is 11.3 Å². The number of rotatable bonds is 6. The van der Waals surface area contributed by atoms with E-state index in [1.54, 1.807) is 10.6 Å². The lowest BCUT2D eigenvalue weighted by atomic mass is 10.1. The van der Waals surface area contributed by atoms with Crippen molar-refractivity contribution in [3.63, 3.8) is 0 Å². The van der Waals surface area contributed by atoms with Gasteiger partial charge in [0.1, 0.15) is 17.9 Å². The molecular weight excluding hydrogens is 394 g/mol. The van der Waals surface area contributed by atoms with E-state index in [0.717, 1.165) is 22.6 Å². The van der Waals surface area contributed by atoms with Crippen molar-refractivity contribution in [2.75, 3.05) is 6.61 Å². The Hall–Kier alpha value is -3.70. The number of aromatic hydroxyl groups is 1. The predicted octanol–water partition coefficient (Wildman–Crippen LogP) is 4.99. The van der Waals surface area contributed by atoms with Gasteiger partial charge in [0.15, 0.2) is 5.56 Å². The molecule has 0 atom stereocenters. The molecule has 0 amide bonds. The average molecular weight is 415 g/mol. The Balaban J connectivity index is 2.04. The molecule has 0 saturated carbocycles. The Morgan fingerprint density at radius 3 is 2.27 bits per heavy atom. The van der Waals surface area contributed by atoms with Crippen LogP contribution in [-0.4, -0.2) is 11.7 Å². The highest BCUT2D eigenvalue weighted by atomic mass is 32.1. The molecule has 3 aromatic carbocycles. The minimum absolute atomic E-state index is 0.107. The largest absolute Gasteiger partial charge is 0.489 e. The molecule has 4 rings (SSSR count). The number of para-hydroxylation sites is 2. The Morgan fingerprint density at radius 1 is 0.933 bits per heavy atom. The molecule has 30 heavy (non-hydrogen) atoms. The van der Waals surface area contributed by atoms with Crippen LogP contribution >= 0.6 is 11.3 Å². The SMILES string of the molecule is C=CCOc1ccccc1-c1sc(=O)c(-c2ccccc2)c(O)[n+]1-c1ccccc1. The third-order valence-corrected chi connectivity index (χ3v) is 5.57. The molecule has 0 aliphatic heterocycles. The molecule has 1 aromatic heterocycles. The first kappa shape index (κ1) is 19.6. The highest BCUT2D eigenvalue weighted by Gasteiger charge is 2.30. The molecule has 0 unspecified atom stereocenters. The average Bonchev–Trinajstić information content (AvgIpc) is 2.79. The van der Waals surface area contributed by atoms with Gasteiger partial charge < -0.3 is 9.84 Å². The van der Waals surface area contributed by atoms with Crippen LogP contribution in [0, 0.1) is 0 Å². The van der Waals surface area contributed by atoms with Crippen molar-refractivity contribution < 1.29 is 14.4 Å². The van der Waals surface area contributed by atoms with Gasteiger partial charge in [-0.3, -0.25) is 4.79 Å². The highest BCUT2D eigenvalue weighted by molar-refractivity contribution is 7.12. The van der Waals surface area contributed by atoms with E-state index in [2.05, 4.69) is 6.58 Å². The van der Waals surface area contributed by atoms with Gasteiger partial charge in [0.2, 0.25) is 5.69 Å². The Bertz CT molecular complexity index is 1230. The van der Waals surface area contributed by atoms with Gasteiger partial charge in [-0.2, -0.15) is 0 Å². The number of aromatic nitrogens is 1. The van der Waals surface area contributed by atoms with Crippen LogP contribution in [0.3, 0.4) is 0 Å². The summed E-state index contributed by atoms with van der Waals surface area (Å²) in [4.78, 5) is 13.1. The third-order valence-electron chi connectivity index (χ3n) is 4.58.